The van der Waals surface area contributed by atoms with E-state index in [0.29, 0.717) is 17.8 Å². The number of amides is 1. The average Bonchev–Trinajstić information content (AvgIpc) is 2.52. The highest BCUT2D eigenvalue weighted by Gasteiger charge is 2.24. The molecule has 1 aromatic heterocycles. The summed E-state index contributed by atoms with van der Waals surface area (Å²) < 4.78 is 10.7. The van der Waals surface area contributed by atoms with Gasteiger partial charge in [0.1, 0.15) is 17.4 Å². The molecule has 140 valence electrons. The van der Waals surface area contributed by atoms with Gasteiger partial charge in [-0.15, -0.1) is 0 Å². The normalized spacial score (nSPS) is 13.4. The minimum absolute atomic E-state index is 0.124. The van der Waals surface area contributed by atoms with Gasteiger partial charge in [-0.1, -0.05) is 13.8 Å². The fraction of sp³-hybridized carbons (Fsp3) is 0.421. The highest BCUT2D eigenvalue weighted by Crippen LogP contribution is 2.23. The molecule has 2 rings (SSSR count). The number of nitrogens with one attached hydrogen (secondary N) is 1. The van der Waals surface area contributed by atoms with Crippen LogP contribution in [0.2, 0.25) is 0 Å². The third-order valence-corrected chi connectivity index (χ3v) is 3.93. The van der Waals surface area contributed by atoms with Crippen LogP contribution in [0.5, 0.6) is 5.75 Å². The first-order chi connectivity index (χ1) is 12.2. The lowest BCUT2D eigenvalue weighted by Gasteiger charge is -2.20. The Bertz CT molecular complexity index is 870. The maximum atomic E-state index is 12.2. The maximum absolute atomic E-state index is 12.2. The molecule has 0 unspecified atom stereocenters. The van der Waals surface area contributed by atoms with Gasteiger partial charge in [-0.2, -0.15) is 0 Å². The topological polar surface area (TPSA) is 106 Å². The zero-order valence-corrected chi connectivity index (χ0v) is 15.2. The molecule has 26 heavy (non-hydrogen) atoms. The number of carbonyl (C=O) groups is 2. The van der Waals surface area contributed by atoms with Crippen molar-refractivity contribution in [2.45, 2.75) is 46.3 Å². The molecule has 0 bridgehead atoms. The molecule has 0 aliphatic heterocycles. The number of aliphatic carboxylic acids is 1. The van der Waals surface area contributed by atoms with Crippen LogP contribution >= 0.6 is 0 Å². The predicted octanol–water partition coefficient (Wildman–Crippen LogP) is 2.48. The molecule has 1 heterocycles. The summed E-state index contributed by atoms with van der Waals surface area (Å²) in [5.41, 5.74) is 0.686. The molecule has 0 spiro atoms. The Balaban J connectivity index is 2.12. The van der Waals surface area contributed by atoms with E-state index in [2.05, 4.69) is 5.32 Å². The van der Waals surface area contributed by atoms with Crippen molar-refractivity contribution in [2.75, 3.05) is 0 Å². The summed E-state index contributed by atoms with van der Waals surface area (Å²) >= 11 is 0. The second-order valence-corrected chi connectivity index (χ2v) is 6.70. The van der Waals surface area contributed by atoms with E-state index in [-0.39, 0.29) is 5.92 Å². The lowest BCUT2D eigenvalue weighted by molar-refractivity contribution is -0.143. The van der Waals surface area contributed by atoms with Crippen LogP contribution in [0.4, 0.5) is 0 Å². The van der Waals surface area contributed by atoms with Gasteiger partial charge in [-0.25, -0.2) is 9.59 Å². The minimum atomic E-state index is -1.08. The number of ether oxygens (including phenoxy) is 1. The van der Waals surface area contributed by atoms with Crippen molar-refractivity contribution in [3.8, 4) is 5.75 Å². The first-order valence-corrected chi connectivity index (χ1v) is 8.41. The van der Waals surface area contributed by atoms with E-state index in [4.69, 9.17) is 9.15 Å². The standard InChI is InChI=1S/C19H23NO6/c1-10(2)7-15(19(23)24)20-18(22)12(4)25-13-5-6-14-11(3)8-17(21)26-16(14)9-13/h5-6,8-10,12,15H,7H2,1-4H3,(H,20,22)(H,23,24)/t12-,15-/m0/s1. The lowest BCUT2D eigenvalue weighted by Crippen LogP contribution is -2.46. The van der Waals surface area contributed by atoms with Gasteiger partial charge in [-0.3, -0.25) is 4.79 Å². The van der Waals surface area contributed by atoms with Gasteiger partial charge >= 0.3 is 11.6 Å². The minimum Gasteiger partial charge on any atom is -0.481 e. The Labute approximate surface area is 151 Å². The van der Waals surface area contributed by atoms with Crippen LogP contribution in [0.25, 0.3) is 11.0 Å². The fourth-order valence-electron chi connectivity index (χ4n) is 2.62. The molecule has 1 amide bonds. The molecule has 7 nitrogen and oxygen atoms in total. The van der Waals surface area contributed by atoms with Crippen molar-refractivity contribution in [3.05, 3.63) is 40.2 Å². The van der Waals surface area contributed by atoms with Crippen LogP contribution in [-0.2, 0) is 9.59 Å². The maximum Gasteiger partial charge on any atom is 0.336 e. The predicted molar refractivity (Wildman–Crippen MR) is 96.3 cm³/mol. The van der Waals surface area contributed by atoms with Gasteiger partial charge in [0.05, 0.1) is 0 Å². The summed E-state index contributed by atoms with van der Waals surface area (Å²) in [7, 11) is 0. The molecule has 2 aromatic rings. The SMILES string of the molecule is Cc1cc(=O)oc2cc(O[C@@H](C)C(=O)N[C@@H](CC(C)C)C(=O)O)ccc12. The van der Waals surface area contributed by atoms with Crippen LogP contribution in [0, 0.1) is 12.8 Å². The van der Waals surface area contributed by atoms with Crippen LogP contribution in [0.15, 0.2) is 33.5 Å². The smallest absolute Gasteiger partial charge is 0.336 e. The number of hydrogen-bond acceptors (Lipinski definition) is 5. The van der Waals surface area contributed by atoms with Crippen molar-refractivity contribution in [1.82, 2.24) is 5.32 Å². The van der Waals surface area contributed by atoms with Gasteiger partial charge in [0, 0.05) is 17.5 Å². The van der Waals surface area contributed by atoms with Crippen LogP contribution in [0.3, 0.4) is 0 Å². The van der Waals surface area contributed by atoms with E-state index in [9.17, 15) is 19.5 Å². The molecular weight excluding hydrogens is 338 g/mol. The van der Waals surface area contributed by atoms with Crippen LogP contribution in [-0.4, -0.2) is 29.1 Å². The second-order valence-electron chi connectivity index (χ2n) is 6.70. The van der Waals surface area contributed by atoms with E-state index < -0.39 is 29.6 Å². The molecule has 0 fully saturated rings. The highest BCUT2D eigenvalue weighted by molar-refractivity contribution is 5.86. The Kier molecular flexibility index (Phi) is 6.02. The van der Waals surface area contributed by atoms with Gasteiger partial charge in [0.2, 0.25) is 0 Å². The molecule has 0 aliphatic carbocycles. The van der Waals surface area contributed by atoms with E-state index in [1.54, 1.807) is 19.1 Å². The number of fused-ring (bicyclic) bond motifs is 1. The van der Waals surface area contributed by atoms with Crippen molar-refractivity contribution in [1.29, 1.82) is 0 Å². The van der Waals surface area contributed by atoms with Crippen LogP contribution in [0.1, 0.15) is 32.8 Å². The molecule has 1 aromatic carbocycles. The number of carbonyl (C=O) groups excluding carboxylic acids is 1. The van der Waals surface area contributed by atoms with E-state index in [1.807, 2.05) is 13.8 Å². The van der Waals surface area contributed by atoms with Crippen molar-refractivity contribution >= 4 is 22.8 Å². The van der Waals surface area contributed by atoms with Gasteiger partial charge < -0.3 is 19.6 Å². The lowest BCUT2D eigenvalue weighted by atomic mass is 10.0. The molecule has 0 saturated heterocycles. The van der Waals surface area contributed by atoms with E-state index in [0.717, 1.165) is 10.9 Å². The molecule has 0 radical (unpaired) electrons. The largest absolute Gasteiger partial charge is 0.481 e. The van der Waals surface area contributed by atoms with Gasteiger partial charge in [0.15, 0.2) is 6.10 Å². The van der Waals surface area contributed by atoms with Gasteiger partial charge in [-0.05, 0) is 43.9 Å². The number of carboxylic acid groups (broad SMARTS) is 1. The third-order valence-electron chi connectivity index (χ3n) is 3.93. The Hall–Kier alpha value is -2.83. The number of carboxylic acids is 1. The first-order valence-electron chi connectivity index (χ1n) is 8.41. The monoisotopic (exact) mass is 361 g/mol. The van der Waals surface area contributed by atoms with Gasteiger partial charge in [0.25, 0.3) is 5.91 Å². The molecule has 7 heteroatoms. The average molecular weight is 361 g/mol. The molecular formula is C19H23NO6. The summed E-state index contributed by atoms with van der Waals surface area (Å²) in [5.74, 6) is -1.13. The molecule has 2 N–H and O–H groups in total. The fourth-order valence-corrected chi connectivity index (χ4v) is 2.62. The quantitative estimate of drug-likeness (QED) is 0.734. The zero-order valence-electron chi connectivity index (χ0n) is 15.2. The summed E-state index contributed by atoms with van der Waals surface area (Å²) in [5, 5.41) is 12.5. The first kappa shape index (κ1) is 19.5. The molecule has 2 atom stereocenters. The number of rotatable bonds is 7. The Morgan fingerprint density at radius 1 is 1.23 bits per heavy atom. The summed E-state index contributed by atoms with van der Waals surface area (Å²) in [6, 6.07) is 5.38. The van der Waals surface area contributed by atoms with E-state index >= 15 is 0 Å². The summed E-state index contributed by atoms with van der Waals surface area (Å²) in [4.78, 5) is 35.0. The second kappa shape index (κ2) is 8.03. The van der Waals surface area contributed by atoms with E-state index in [1.165, 1.54) is 19.1 Å². The number of hydrogen-bond donors (Lipinski definition) is 2. The van der Waals surface area contributed by atoms with Crippen molar-refractivity contribution in [2.24, 2.45) is 5.92 Å². The Morgan fingerprint density at radius 2 is 1.92 bits per heavy atom. The Morgan fingerprint density at radius 3 is 2.54 bits per heavy atom. The van der Waals surface area contributed by atoms with Crippen molar-refractivity contribution in [3.63, 3.8) is 0 Å². The summed E-state index contributed by atoms with van der Waals surface area (Å²) in [6.07, 6.45) is -0.577. The molecule has 0 aliphatic rings. The number of aryl methyl sites for hydroxylation is 1. The zero-order chi connectivity index (χ0) is 19.4. The summed E-state index contributed by atoms with van der Waals surface area (Å²) in [6.45, 7) is 7.09. The number of benzene rings is 1. The highest BCUT2D eigenvalue weighted by atomic mass is 16.5. The molecule has 0 saturated carbocycles. The third kappa shape index (κ3) is 4.84. The van der Waals surface area contributed by atoms with Crippen LogP contribution < -0.4 is 15.7 Å². The van der Waals surface area contributed by atoms with Crippen molar-refractivity contribution < 1.29 is 23.8 Å².